The van der Waals surface area contributed by atoms with E-state index < -0.39 is 11.6 Å². The number of rotatable bonds is 7. The Kier molecular flexibility index (Phi) is 5.78. The molecule has 0 unspecified atom stereocenters. The van der Waals surface area contributed by atoms with Gasteiger partial charge in [0.25, 0.3) is 5.91 Å². The first-order valence-corrected chi connectivity index (χ1v) is 9.37. The maximum absolute atomic E-state index is 13.3. The third-order valence-electron chi connectivity index (χ3n) is 5.41. The largest absolute Gasteiger partial charge is 0.493 e. The molecule has 160 valence electrons. The van der Waals surface area contributed by atoms with Gasteiger partial charge in [-0.05, 0) is 54.8 Å². The Balaban J connectivity index is 1.93. The van der Waals surface area contributed by atoms with Crippen LogP contribution in [0.15, 0.2) is 30.3 Å². The minimum atomic E-state index is -1.22. The van der Waals surface area contributed by atoms with E-state index in [9.17, 15) is 9.59 Å². The van der Waals surface area contributed by atoms with Gasteiger partial charge in [-0.15, -0.1) is 0 Å². The molecule has 0 saturated carbocycles. The summed E-state index contributed by atoms with van der Waals surface area (Å²) in [6.45, 7) is 3.68. The molecule has 8 nitrogen and oxygen atoms in total. The molecular weight excluding hydrogens is 388 g/mol. The second-order valence-corrected chi connectivity index (χ2v) is 7.15. The van der Waals surface area contributed by atoms with Crippen LogP contribution in [0, 0.1) is 6.92 Å². The van der Waals surface area contributed by atoms with Crippen LogP contribution in [-0.2, 0) is 16.9 Å². The van der Waals surface area contributed by atoms with E-state index in [2.05, 4.69) is 5.32 Å². The van der Waals surface area contributed by atoms with E-state index >= 15 is 0 Å². The topological polar surface area (TPSA) is 86.3 Å². The van der Waals surface area contributed by atoms with Crippen molar-refractivity contribution in [1.82, 2.24) is 10.2 Å². The quantitative estimate of drug-likeness (QED) is 0.701. The van der Waals surface area contributed by atoms with E-state index in [1.807, 2.05) is 13.0 Å². The van der Waals surface area contributed by atoms with E-state index in [0.717, 1.165) is 11.1 Å². The highest BCUT2D eigenvalue weighted by Crippen LogP contribution is 2.37. The maximum atomic E-state index is 13.3. The van der Waals surface area contributed by atoms with Gasteiger partial charge < -0.3 is 24.3 Å². The molecule has 0 radical (unpaired) electrons. The number of carbonyl (C=O) groups is 2. The SMILES string of the molecule is COc1ccc([C@@]2(C)NC(=O)N(Cc3cc(OC)c(OC)cc3C)C2=O)cc1OC. The molecule has 8 heteroatoms. The van der Waals surface area contributed by atoms with Crippen LogP contribution in [0.2, 0.25) is 0 Å². The van der Waals surface area contributed by atoms with Crippen LogP contribution in [0.4, 0.5) is 4.79 Å². The Hall–Kier alpha value is -3.42. The average Bonchev–Trinajstić information content (AvgIpc) is 2.97. The number of benzene rings is 2. The lowest BCUT2D eigenvalue weighted by Crippen LogP contribution is -2.40. The van der Waals surface area contributed by atoms with Gasteiger partial charge in [-0.1, -0.05) is 6.07 Å². The van der Waals surface area contributed by atoms with Crippen molar-refractivity contribution < 1.29 is 28.5 Å². The lowest BCUT2D eigenvalue weighted by Gasteiger charge is -2.23. The Morgan fingerprint density at radius 2 is 1.43 bits per heavy atom. The first-order valence-electron chi connectivity index (χ1n) is 9.37. The van der Waals surface area contributed by atoms with Crippen LogP contribution in [-0.4, -0.2) is 45.3 Å². The lowest BCUT2D eigenvalue weighted by atomic mass is 9.91. The molecule has 1 aliphatic rings. The fourth-order valence-electron chi connectivity index (χ4n) is 3.55. The van der Waals surface area contributed by atoms with Gasteiger partial charge in [-0.2, -0.15) is 0 Å². The van der Waals surface area contributed by atoms with E-state index in [4.69, 9.17) is 18.9 Å². The van der Waals surface area contributed by atoms with E-state index in [0.29, 0.717) is 28.6 Å². The van der Waals surface area contributed by atoms with Crippen molar-refractivity contribution in [1.29, 1.82) is 0 Å². The molecule has 0 aliphatic carbocycles. The molecule has 0 bridgehead atoms. The molecule has 1 atom stereocenters. The van der Waals surface area contributed by atoms with Crippen molar-refractivity contribution in [3.8, 4) is 23.0 Å². The molecule has 2 aromatic carbocycles. The van der Waals surface area contributed by atoms with E-state index in [1.54, 1.807) is 45.4 Å². The number of ether oxygens (including phenoxy) is 4. The monoisotopic (exact) mass is 414 g/mol. The zero-order valence-electron chi connectivity index (χ0n) is 18.0. The van der Waals surface area contributed by atoms with Crippen LogP contribution < -0.4 is 24.3 Å². The number of urea groups is 1. The van der Waals surface area contributed by atoms with Crippen molar-refractivity contribution in [2.75, 3.05) is 28.4 Å². The molecule has 1 N–H and O–H groups in total. The predicted molar refractivity (Wildman–Crippen MR) is 110 cm³/mol. The minimum Gasteiger partial charge on any atom is -0.493 e. The van der Waals surface area contributed by atoms with Gasteiger partial charge in [0.15, 0.2) is 23.0 Å². The summed E-state index contributed by atoms with van der Waals surface area (Å²) in [5.41, 5.74) is 1.05. The molecule has 1 aliphatic heterocycles. The van der Waals surface area contributed by atoms with Gasteiger partial charge >= 0.3 is 6.03 Å². The van der Waals surface area contributed by atoms with Crippen LogP contribution >= 0.6 is 0 Å². The zero-order valence-corrected chi connectivity index (χ0v) is 18.0. The highest BCUT2D eigenvalue weighted by molar-refractivity contribution is 6.07. The molecule has 1 heterocycles. The summed E-state index contributed by atoms with van der Waals surface area (Å²) in [5.74, 6) is 1.79. The molecular formula is C22H26N2O6. The normalized spacial score (nSPS) is 18.3. The Morgan fingerprint density at radius 3 is 2.03 bits per heavy atom. The molecule has 0 aromatic heterocycles. The number of methoxy groups -OCH3 is 4. The second kappa shape index (κ2) is 8.14. The van der Waals surface area contributed by atoms with Gasteiger partial charge in [-0.25, -0.2) is 4.79 Å². The third-order valence-corrected chi connectivity index (χ3v) is 5.41. The van der Waals surface area contributed by atoms with E-state index in [-0.39, 0.29) is 12.5 Å². The molecule has 0 spiro atoms. The van der Waals surface area contributed by atoms with Gasteiger partial charge in [0, 0.05) is 0 Å². The second-order valence-electron chi connectivity index (χ2n) is 7.15. The van der Waals surface area contributed by atoms with Gasteiger partial charge in [0.1, 0.15) is 5.54 Å². The minimum absolute atomic E-state index is 0.111. The molecule has 30 heavy (non-hydrogen) atoms. The number of aryl methyl sites for hydroxylation is 1. The lowest BCUT2D eigenvalue weighted by molar-refractivity contribution is -0.131. The van der Waals surface area contributed by atoms with Crippen molar-refractivity contribution in [3.05, 3.63) is 47.0 Å². The number of carbonyl (C=O) groups excluding carboxylic acids is 2. The Labute approximate surface area is 175 Å². The Morgan fingerprint density at radius 1 is 0.867 bits per heavy atom. The highest BCUT2D eigenvalue weighted by atomic mass is 16.5. The highest BCUT2D eigenvalue weighted by Gasteiger charge is 2.49. The summed E-state index contributed by atoms with van der Waals surface area (Å²) in [6, 6.07) is 8.28. The summed E-state index contributed by atoms with van der Waals surface area (Å²) in [5, 5.41) is 2.81. The maximum Gasteiger partial charge on any atom is 0.325 e. The number of amides is 3. The molecule has 3 amide bonds. The van der Waals surface area contributed by atoms with Gasteiger partial charge in [0.2, 0.25) is 0 Å². The zero-order chi connectivity index (χ0) is 22.1. The van der Waals surface area contributed by atoms with Crippen molar-refractivity contribution in [2.24, 2.45) is 0 Å². The average molecular weight is 414 g/mol. The molecule has 2 aromatic rings. The van der Waals surface area contributed by atoms with Gasteiger partial charge in [-0.3, -0.25) is 9.69 Å². The summed E-state index contributed by atoms with van der Waals surface area (Å²) in [4.78, 5) is 27.2. The molecule has 1 saturated heterocycles. The third kappa shape index (κ3) is 3.49. The summed E-state index contributed by atoms with van der Waals surface area (Å²) in [7, 11) is 6.15. The first kappa shape index (κ1) is 21.3. The van der Waals surface area contributed by atoms with Crippen LogP contribution in [0.3, 0.4) is 0 Å². The number of nitrogens with zero attached hydrogens (tertiary/aromatic N) is 1. The van der Waals surface area contributed by atoms with Crippen LogP contribution in [0.25, 0.3) is 0 Å². The molecule has 3 rings (SSSR count). The number of imide groups is 1. The summed E-state index contributed by atoms with van der Waals surface area (Å²) >= 11 is 0. The standard InChI is InChI=1S/C22H26N2O6/c1-13-9-17(28-4)18(29-5)10-14(13)12-24-20(25)22(2,23-21(24)26)15-7-8-16(27-3)19(11-15)30-6/h7-11H,12H2,1-6H3,(H,23,26)/t22-/m1/s1. The molecule has 1 fully saturated rings. The van der Waals surface area contributed by atoms with Gasteiger partial charge in [0.05, 0.1) is 35.0 Å². The predicted octanol–water partition coefficient (Wildman–Crippen LogP) is 3.00. The first-order chi connectivity index (χ1) is 14.3. The fourth-order valence-corrected chi connectivity index (χ4v) is 3.55. The fraction of sp³-hybridized carbons (Fsp3) is 0.364. The van der Waals surface area contributed by atoms with E-state index in [1.165, 1.54) is 19.1 Å². The van der Waals surface area contributed by atoms with Crippen molar-refractivity contribution in [2.45, 2.75) is 25.9 Å². The Bertz CT molecular complexity index is 990. The number of hydrogen-bond donors (Lipinski definition) is 1. The smallest absolute Gasteiger partial charge is 0.325 e. The summed E-state index contributed by atoms with van der Waals surface area (Å²) in [6.07, 6.45) is 0. The number of nitrogens with one attached hydrogen (secondary N) is 1. The van der Waals surface area contributed by atoms with Crippen molar-refractivity contribution in [3.63, 3.8) is 0 Å². The van der Waals surface area contributed by atoms with Crippen LogP contribution in [0.1, 0.15) is 23.6 Å². The van der Waals surface area contributed by atoms with Crippen molar-refractivity contribution >= 4 is 11.9 Å². The number of hydrogen-bond acceptors (Lipinski definition) is 6. The summed E-state index contributed by atoms with van der Waals surface area (Å²) < 4.78 is 21.3. The van der Waals surface area contributed by atoms with Crippen LogP contribution in [0.5, 0.6) is 23.0 Å².